The zero-order valence-electron chi connectivity index (χ0n) is 18.4. The maximum atomic E-state index is 6.53. The first-order valence-electron chi connectivity index (χ1n) is 11.0. The van der Waals surface area contributed by atoms with Gasteiger partial charge in [0.25, 0.3) is 0 Å². The zero-order valence-corrected chi connectivity index (χ0v) is 19.2. The fraction of sp³-hybridized carbons (Fsp3) is 0.520. The van der Waals surface area contributed by atoms with E-state index >= 15 is 0 Å². The van der Waals surface area contributed by atoms with E-state index in [0.29, 0.717) is 12.4 Å². The third-order valence-corrected chi connectivity index (χ3v) is 9.10. The minimum atomic E-state index is -0.301. The molecule has 1 saturated heterocycles. The Kier molecular flexibility index (Phi) is 4.90. The Hall–Kier alpha value is -1.27. The average molecular weight is 422 g/mol. The standard InChI is InChI=1S/C25H31BO3S/c1-22(2)23(3,4)29-26(28-22)21-24(18-27-15-19-11-7-5-8-12-19)16-25(21,17-24)30-20-13-9-6-10-14-20/h5-14,21H,15-18H2,1-4H3. The van der Waals surface area contributed by atoms with Crippen LogP contribution in [0.3, 0.4) is 0 Å². The molecule has 5 heteroatoms. The molecule has 1 unspecified atom stereocenters. The molecular weight excluding hydrogens is 391 g/mol. The van der Waals surface area contributed by atoms with E-state index in [9.17, 15) is 0 Å². The van der Waals surface area contributed by atoms with Crippen molar-refractivity contribution in [2.75, 3.05) is 6.61 Å². The molecule has 4 fully saturated rings. The third kappa shape index (κ3) is 3.26. The van der Waals surface area contributed by atoms with Crippen LogP contribution in [0.5, 0.6) is 0 Å². The quantitative estimate of drug-likeness (QED) is 0.513. The van der Waals surface area contributed by atoms with Gasteiger partial charge in [-0.3, -0.25) is 0 Å². The summed E-state index contributed by atoms with van der Waals surface area (Å²) in [5.41, 5.74) is 0.789. The molecule has 0 aromatic heterocycles. The smallest absolute Gasteiger partial charge is 0.403 e. The molecule has 158 valence electrons. The van der Waals surface area contributed by atoms with E-state index in [1.807, 2.05) is 17.8 Å². The number of benzene rings is 2. The molecule has 0 spiro atoms. The highest BCUT2D eigenvalue weighted by molar-refractivity contribution is 8.01. The average Bonchev–Trinajstić information content (AvgIpc) is 2.87. The molecular formula is C25H31BO3S. The molecule has 2 bridgehead atoms. The summed E-state index contributed by atoms with van der Waals surface area (Å²) in [6, 6.07) is 21.2. The van der Waals surface area contributed by atoms with Gasteiger partial charge >= 0.3 is 7.12 Å². The van der Waals surface area contributed by atoms with Gasteiger partial charge in [0, 0.05) is 15.5 Å². The molecule has 1 heterocycles. The van der Waals surface area contributed by atoms with Gasteiger partial charge in [-0.2, -0.15) is 0 Å². The maximum Gasteiger partial charge on any atom is 0.463 e. The van der Waals surface area contributed by atoms with Crippen LogP contribution >= 0.6 is 11.8 Å². The van der Waals surface area contributed by atoms with Crippen LogP contribution in [0.4, 0.5) is 0 Å². The topological polar surface area (TPSA) is 27.7 Å². The summed E-state index contributed by atoms with van der Waals surface area (Å²) in [6.07, 6.45) is 2.34. The predicted molar refractivity (Wildman–Crippen MR) is 123 cm³/mol. The Morgan fingerprint density at radius 2 is 1.47 bits per heavy atom. The van der Waals surface area contributed by atoms with Gasteiger partial charge in [0.05, 0.1) is 24.4 Å². The first kappa shape index (κ1) is 20.6. The Bertz CT molecular complexity index is 872. The van der Waals surface area contributed by atoms with Crippen LogP contribution in [-0.4, -0.2) is 29.7 Å². The number of ether oxygens (including phenoxy) is 1. The molecule has 2 aromatic carbocycles. The molecule has 6 rings (SSSR count). The molecule has 4 aliphatic rings. The molecule has 3 saturated carbocycles. The summed E-state index contributed by atoms with van der Waals surface area (Å²) in [5.74, 6) is 0.354. The van der Waals surface area contributed by atoms with Gasteiger partial charge in [0.1, 0.15) is 0 Å². The van der Waals surface area contributed by atoms with E-state index in [0.717, 1.165) is 6.61 Å². The van der Waals surface area contributed by atoms with E-state index in [2.05, 4.69) is 82.3 Å². The van der Waals surface area contributed by atoms with Crippen molar-refractivity contribution in [1.82, 2.24) is 0 Å². The summed E-state index contributed by atoms with van der Waals surface area (Å²) in [7, 11) is -0.172. The number of rotatable bonds is 7. The summed E-state index contributed by atoms with van der Waals surface area (Å²) in [4.78, 5) is 1.33. The van der Waals surface area contributed by atoms with Gasteiger partial charge in [-0.1, -0.05) is 48.5 Å². The molecule has 0 amide bonds. The van der Waals surface area contributed by atoms with Gasteiger partial charge in [-0.05, 0) is 63.6 Å². The molecule has 2 aromatic rings. The third-order valence-electron chi connectivity index (χ3n) is 7.64. The SMILES string of the molecule is CC1(C)OB(C2C3(COCc4ccccc4)CC2(Sc2ccccc2)C3)OC1(C)C. The Morgan fingerprint density at radius 3 is 2.07 bits per heavy atom. The lowest BCUT2D eigenvalue weighted by molar-refractivity contribution is -0.142. The van der Waals surface area contributed by atoms with Crippen molar-refractivity contribution < 1.29 is 14.0 Å². The van der Waals surface area contributed by atoms with Crippen molar-refractivity contribution in [1.29, 1.82) is 0 Å². The highest BCUT2D eigenvalue weighted by atomic mass is 32.2. The van der Waals surface area contributed by atoms with Gasteiger partial charge in [-0.15, -0.1) is 11.8 Å². The highest BCUT2D eigenvalue weighted by Crippen LogP contribution is 2.82. The zero-order chi connectivity index (χ0) is 21.0. The lowest BCUT2D eigenvalue weighted by Crippen LogP contribution is -2.75. The summed E-state index contributed by atoms with van der Waals surface area (Å²) < 4.78 is 19.5. The molecule has 3 nitrogen and oxygen atoms in total. The first-order chi connectivity index (χ1) is 14.3. The van der Waals surface area contributed by atoms with Crippen LogP contribution in [0, 0.1) is 5.41 Å². The van der Waals surface area contributed by atoms with Crippen molar-refractivity contribution in [2.45, 2.75) is 73.8 Å². The number of hydrogen-bond donors (Lipinski definition) is 0. The highest BCUT2D eigenvalue weighted by Gasteiger charge is 2.81. The molecule has 1 atom stereocenters. The minimum absolute atomic E-state index is 0.164. The fourth-order valence-corrected chi connectivity index (χ4v) is 7.40. The number of thioether (sulfide) groups is 1. The van der Waals surface area contributed by atoms with Crippen LogP contribution < -0.4 is 0 Å². The van der Waals surface area contributed by atoms with Gasteiger partial charge < -0.3 is 14.0 Å². The normalized spacial score (nSPS) is 33.1. The summed E-state index contributed by atoms with van der Waals surface area (Å²) >= 11 is 2.01. The molecule has 1 aliphatic heterocycles. The van der Waals surface area contributed by atoms with Gasteiger partial charge in [0.2, 0.25) is 0 Å². The van der Waals surface area contributed by atoms with E-state index in [4.69, 9.17) is 14.0 Å². The second-order valence-electron chi connectivity index (χ2n) is 10.3. The van der Waals surface area contributed by atoms with Gasteiger partial charge in [0.15, 0.2) is 0 Å². The Balaban J connectivity index is 1.32. The second kappa shape index (κ2) is 7.13. The van der Waals surface area contributed by atoms with Crippen LogP contribution in [0.2, 0.25) is 5.82 Å². The van der Waals surface area contributed by atoms with Crippen molar-refractivity contribution in [3.05, 3.63) is 66.2 Å². The van der Waals surface area contributed by atoms with Crippen LogP contribution in [0.25, 0.3) is 0 Å². The Labute approximate surface area is 185 Å². The fourth-order valence-electron chi connectivity index (χ4n) is 5.43. The van der Waals surface area contributed by atoms with Crippen molar-refractivity contribution in [3.63, 3.8) is 0 Å². The van der Waals surface area contributed by atoms with E-state index in [-0.39, 0.29) is 28.5 Å². The van der Waals surface area contributed by atoms with Crippen molar-refractivity contribution in [3.8, 4) is 0 Å². The predicted octanol–water partition coefficient (Wildman–Crippen LogP) is 5.99. The lowest BCUT2D eigenvalue weighted by Gasteiger charge is -2.76. The van der Waals surface area contributed by atoms with Crippen LogP contribution in [0.15, 0.2) is 65.6 Å². The van der Waals surface area contributed by atoms with Crippen molar-refractivity contribution in [2.24, 2.45) is 5.41 Å². The molecule has 30 heavy (non-hydrogen) atoms. The monoisotopic (exact) mass is 422 g/mol. The summed E-state index contributed by atoms with van der Waals surface area (Å²) in [5, 5.41) is 0. The van der Waals surface area contributed by atoms with Gasteiger partial charge in [-0.25, -0.2) is 0 Å². The molecule has 3 aliphatic carbocycles. The Morgan fingerprint density at radius 1 is 0.900 bits per heavy atom. The summed E-state index contributed by atoms with van der Waals surface area (Å²) in [6.45, 7) is 10.0. The molecule has 0 N–H and O–H groups in total. The second-order valence-corrected chi connectivity index (χ2v) is 11.8. The van der Waals surface area contributed by atoms with E-state index in [1.165, 1.54) is 23.3 Å². The number of hydrogen-bond acceptors (Lipinski definition) is 4. The molecule has 0 radical (unpaired) electrons. The van der Waals surface area contributed by atoms with E-state index < -0.39 is 0 Å². The largest absolute Gasteiger partial charge is 0.463 e. The van der Waals surface area contributed by atoms with Crippen LogP contribution in [0.1, 0.15) is 46.1 Å². The first-order valence-corrected chi connectivity index (χ1v) is 11.8. The maximum absolute atomic E-state index is 6.53. The van der Waals surface area contributed by atoms with Crippen LogP contribution in [-0.2, 0) is 20.7 Å². The lowest BCUT2D eigenvalue weighted by atomic mass is 9.28. The van der Waals surface area contributed by atoms with E-state index in [1.54, 1.807) is 0 Å². The minimum Gasteiger partial charge on any atom is -0.403 e. The van der Waals surface area contributed by atoms with Crippen molar-refractivity contribution >= 4 is 18.9 Å².